The van der Waals surface area contributed by atoms with Crippen LogP contribution in [0.4, 0.5) is 5.69 Å². The van der Waals surface area contributed by atoms with Gasteiger partial charge in [-0.15, -0.1) is 11.3 Å². The third kappa shape index (κ3) is 3.38. The van der Waals surface area contributed by atoms with E-state index in [2.05, 4.69) is 27.8 Å². The highest BCUT2D eigenvalue weighted by atomic mass is 35.5. The SMILES string of the molecule is Clc1cccc(NCc2nc(-c3ccccc3)cs2)c1Cl. The average Bonchev–Trinajstić information content (AvgIpc) is 2.99. The van der Waals surface area contributed by atoms with Crippen molar-refractivity contribution < 1.29 is 0 Å². The quantitative estimate of drug-likeness (QED) is 0.659. The minimum atomic E-state index is 0.541. The zero-order valence-electron chi connectivity index (χ0n) is 11.0. The van der Waals surface area contributed by atoms with Crippen LogP contribution < -0.4 is 5.32 Å². The highest BCUT2D eigenvalue weighted by Crippen LogP contribution is 2.30. The minimum absolute atomic E-state index is 0.541. The summed E-state index contributed by atoms with van der Waals surface area (Å²) in [5, 5.41) is 7.42. The van der Waals surface area contributed by atoms with E-state index in [1.54, 1.807) is 17.4 Å². The number of benzene rings is 2. The predicted octanol–water partition coefficient (Wildman–Crippen LogP) is 5.73. The topological polar surface area (TPSA) is 24.9 Å². The summed E-state index contributed by atoms with van der Waals surface area (Å²) in [4.78, 5) is 4.63. The molecule has 0 fully saturated rings. The van der Waals surface area contributed by atoms with Crippen molar-refractivity contribution in [2.75, 3.05) is 5.32 Å². The monoisotopic (exact) mass is 334 g/mol. The maximum Gasteiger partial charge on any atom is 0.112 e. The Balaban J connectivity index is 1.72. The molecule has 0 spiro atoms. The number of anilines is 1. The molecule has 0 saturated carbocycles. The predicted molar refractivity (Wildman–Crippen MR) is 91.3 cm³/mol. The van der Waals surface area contributed by atoms with Gasteiger partial charge in [0.05, 0.1) is 28.0 Å². The van der Waals surface area contributed by atoms with E-state index < -0.39 is 0 Å². The molecule has 3 rings (SSSR count). The summed E-state index contributed by atoms with van der Waals surface area (Å²) in [5.41, 5.74) is 2.94. The number of halogens is 2. The number of hydrogen-bond acceptors (Lipinski definition) is 3. The number of nitrogens with one attached hydrogen (secondary N) is 1. The van der Waals surface area contributed by atoms with Crippen LogP contribution in [0.25, 0.3) is 11.3 Å². The Morgan fingerprint density at radius 2 is 1.81 bits per heavy atom. The molecule has 21 heavy (non-hydrogen) atoms. The van der Waals surface area contributed by atoms with Gasteiger partial charge in [0, 0.05) is 10.9 Å². The molecule has 0 radical (unpaired) electrons. The molecule has 0 aliphatic carbocycles. The van der Waals surface area contributed by atoms with Crippen molar-refractivity contribution in [1.29, 1.82) is 0 Å². The summed E-state index contributed by atoms with van der Waals surface area (Å²) in [6.07, 6.45) is 0. The Morgan fingerprint density at radius 1 is 1.00 bits per heavy atom. The summed E-state index contributed by atoms with van der Waals surface area (Å²) in [6, 6.07) is 15.7. The molecule has 0 amide bonds. The summed E-state index contributed by atoms with van der Waals surface area (Å²) in [7, 11) is 0. The molecule has 0 aliphatic heterocycles. The highest BCUT2D eigenvalue weighted by molar-refractivity contribution is 7.10. The molecule has 0 aliphatic rings. The van der Waals surface area contributed by atoms with E-state index in [1.165, 1.54) is 0 Å². The maximum atomic E-state index is 6.15. The second-order valence-corrected chi connectivity index (χ2v) is 6.18. The Kier molecular flexibility index (Phi) is 4.44. The van der Waals surface area contributed by atoms with E-state index in [9.17, 15) is 0 Å². The molecule has 1 heterocycles. The lowest BCUT2D eigenvalue weighted by molar-refractivity contribution is 1.11. The summed E-state index contributed by atoms with van der Waals surface area (Å²) < 4.78 is 0. The molecule has 5 heteroatoms. The number of nitrogens with zero attached hydrogens (tertiary/aromatic N) is 1. The van der Waals surface area contributed by atoms with Crippen LogP contribution >= 0.6 is 34.5 Å². The second-order valence-electron chi connectivity index (χ2n) is 4.45. The fourth-order valence-corrected chi connectivity index (χ4v) is 3.06. The third-order valence-corrected chi connectivity index (χ3v) is 4.67. The van der Waals surface area contributed by atoms with Crippen molar-refractivity contribution >= 4 is 40.2 Å². The number of thiazole rings is 1. The first-order chi connectivity index (χ1) is 10.2. The molecule has 0 saturated heterocycles. The van der Waals surface area contributed by atoms with Gasteiger partial charge < -0.3 is 5.32 Å². The zero-order valence-corrected chi connectivity index (χ0v) is 13.3. The van der Waals surface area contributed by atoms with E-state index in [1.807, 2.05) is 30.3 Å². The normalized spacial score (nSPS) is 10.6. The first-order valence-corrected chi connectivity index (χ1v) is 8.05. The van der Waals surface area contributed by atoms with Gasteiger partial charge in [0.2, 0.25) is 0 Å². The number of rotatable bonds is 4. The van der Waals surface area contributed by atoms with Crippen LogP contribution in [0.15, 0.2) is 53.9 Å². The molecule has 0 unspecified atom stereocenters. The average molecular weight is 335 g/mol. The van der Waals surface area contributed by atoms with Crippen LogP contribution in [0.5, 0.6) is 0 Å². The maximum absolute atomic E-state index is 6.15. The lowest BCUT2D eigenvalue weighted by Crippen LogP contribution is -1.99. The lowest BCUT2D eigenvalue weighted by Gasteiger charge is -2.07. The van der Waals surface area contributed by atoms with E-state index in [-0.39, 0.29) is 0 Å². The van der Waals surface area contributed by atoms with Gasteiger partial charge in [-0.25, -0.2) is 4.98 Å². The number of hydrogen-bond donors (Lipinski definition) is 1. The van der Waals surface area contributed by atoms with Gasteiger partial charge in [-0.05, 0) is 12.1 Å². The van der Waals surface area contributed by atoms with Crippen LogP contribution in [-0.4, -0.2) is 4.98 Å². The molecule has 1 aromatic heterocycles. The van der Waals surface area contributed by atoms with Gasteiger partial charge in [0.15, 0.2) is 0 Å². The van der Waals surface area contributed by atoms with Crippen LogP contribution in [0.2, 0.25) is 10.0 Å². The molecule has 2 nitrogen and oxygen atoms in total. The Bertz CT molecular complexity index is 741. The molecular weight excluding hydrogens is 323 g/mol. The van der Waals surface area contributed by atoms with Crippen LogP contribution in [0.3, 0.4) is 0 Å². The summed E-state index contributed by atoms with van der Waals surface area (Å²) >= 11 is 13.8. The van der Waals surface area contributed by atoms with E-state index >= 15 is 0 Å². The fraction of sp³-hybridized carbons (Fsp3) is 0.0625. The molecule has 3 aromatic rings. The Labute approximate surface area is 137 Å². The molecule has 0 atom stereocenters. The van der Waals surface area contributed by atoms with Crippen molar-refractivity contribution in [1.82, 2.24) is 4.98 Å². The standard InChI is InChI=1S/C16H12Cl2N2S/c17-12-7-4-8-13(16(12)18)19-9-15-20-14(10-21-15)11-5-2-1-3-6-11/h1-8,10,19H,9H2. The summed E-state index contributed by atoms with van der Waals surface area (Å²) in [5.74, 6) is 0. The van der Waals surface area contributed by atoms with Gasteiger partial charge in [-0.3, -0.25) is 0 Å². The summed E-state index contributed by atoms with van der Waals surface area (Å²) in [6.45, 7) is 0.623. The van der Waals surface area contributed by atoms with E-state index in [4.69, 9.17) is 23.2 Å². The minimum Gasteiger partial charge on any atom is -0.377 e. The Morgan fingerprint density at radius 3 is 2.62 bits per heavy atom. The van der Waals surface area contributed by atoms with Gasteiger partial charge in [-0.1, -0.05) is 59.6 Å². The molecule has 106 valence electrons. The van der Waals surface area contributed by atoms with Crippen LogP contribution in [0.1, 0.15) is 5.01 Å². The number of aromatic nitrogens is 1. The van der Waals surface area contributed by atoms with Crippen molar-refractivity contribution in [3.8, 4) is 11.3 Å². The largest absolute Gasteiger partial charge is 0.377 e. The van der Waals surface area contributed by atoms with Crippen molar-refractivity contribution in [3.05, 3.63) is 69.0 Å². The molecule has 1 N–H and O–H groups in total. The molecule has 2 aromatic carbocycles. The van der Waals surface area contributed by atoms with E-state index in [0.717, 1.165) is 22.0 Å². The van der Waals surface area contributed by atoms with Crippen LogP contribution in [0, 0.1) is 0 Å². The van der Waals surface area contributed by atoms with Crippen molar-refractivity contribution in [2.24, 2.45) is 0 Å². The van der Waals surface area contributed by atoms with Crippen molar-refractivity contribution in [3.63, 3.8) is 0 Å². The highest BCUT2D eigenvalue weighted by Gasteiger charge is 2.07. The zero-order chi connectivity index (χ0) is 14.7. The first-order valence-electron chi connectivity index (χ1n) is 6.42. The van der Waals surface area contributed by atoms with Gasteiger partial charge >= 0.3 is 0 Å². The van der Waals surface area contributed by atoms with Crippen LogP contribution in [-0.2, 0) is 6.54 Å². The van der Waals surface area contributed by atoms with Gasteiger partial charge in [-0.2, -0.15) is 0 Å². The second kappa shape index (κ2) is 6.48. The fourth-order valence-electron chi connectivity index (χ4n) is 1.94. The molecular formula is C16H12Cl2N2S. The first kappa shape index (κ1) is 14.4. The van der Waals surface area contributed by atoms with E-state index in [0.29, 0.717) is 16.6 Å². The molecule has 0 bridgehead atoms. The van der Waals surface area contributed by atoms with Gasteiger partial charge in [0.25, 0.3) is 0 Å². The Hall–Kier alpha value is -1.55. The third-order valence-electron chi connectivity index (χ3n) is 3.00. The lowest BCUT2D eigenvalue weighted by atomic mass is 10.2. The van der Waals surface area contributed by atoms with Crippen molar-refractivity contribution in [2.45, 2.75) is 6.54 Å². The smallest absolute Gasteiger partial charge is 0.112 e. The van der Waals surface area contributed by atoms with Gasteiger partial charge in [0.1, 0.15) is 5.01 Å².